The topological polar surface area (TPSA) is 63.8 Å². The maximum Gasteiger partial charge on any atom is 0.239 e. The fraction of sp³-hybridized carbons (Fsp3) is 0.167. The van der Waals surface area contributed by atoms with Crippen molar-refractivity contribution in [2.45, 2.75) is 22.6 Å². The Morgan fingerprint density at radius 2 is 2.32 bits per heavy atom. The second-order valence-electron chi connectivity index (χ2n) is 3.82. The highest BCUT2D eigenvalue weighted by Gasteiger charge is 2.12. The van der Waals surface area contributed by atoms with E-state index in [1.54, 1.807) is 34.4 Å². The quantitative estimate of drug-likeness (QED) is 0.436. The van der Waals surface area contributed by atoms with E-state index in [1.807, 2.05) is 6.07 Å². The van der Waals surface area contributed by atoms with Crippen LogP contribution in [0.25, 0.3) is 10.2 Å². The molecule has 3 aromatic rings. The monoisotopic (exact) mass is 308 g/mol. The number of hydrogen-bond donors (Lipinski definition) is 2. The van der Waals surface area contributed by atoms with Gasteiger partial charge in [0.15, 0.2) is 0 Å². The Bertz CT molecular complexity index is 690. The Kier molecular flexibility index (Phi) is 3.69. The molecule has 4 nitrogen and oxygen atoms in total. The summed E-state index contributed by atoms with van der Waals surface area (Å²) in [5, 5.41) is 4.13. The van der Waals surface area contributed by atoms with Crippen molar-refractivity contribution < 1.29 is 0 Å². The van der Waals surface area contributed by atoms with Gasteiger partial charge in [-0.25, -0.2) is 15.8 Å². The zero-order valence-electron chi connectivity index (χ0n) is 10.2. The summed E-state index contributed by atoms with van der Waals surface area (Å²) in [5.74, 6) is 5.91. The minimum absolute atomic E-state index is 0.469. The van der Waals surface area contributed by atoms with Crippen LogP contribution in [0.5, 0.6) is 0 Å². The minimum Gasteiger partial charge on any atom is -0.292 e. The lowest BCUT2D eigenvalue weighted by molar-refractivity contribution is 1.08. The van der Waals surface area contributed by atoms with E-state index in [-0.39, 0.29) is 0 Å². The van der Waals surface area contributed by atoms with Crippen LogP contribution in [0.3, 0.4) is 0 Å². The number of hydrogen-bond acceptors (Lipinski definition) is 7. The molecule has 0 aliphatic rings. The van der Waals surface area contributed by atoms with Crippen molar-refractivity contribution in [1.29, 1.82) is 0 Å². The van der Waals surface area contributed by atoms with E-state index in [0.29, 0.717) is 5.95 Å². The molecule has 0 aliphatic carbocycles. The highest BCUT2D eigenvalue weighted by atomic mass is 32.2. The number of anilines is 1. The molecule has 3 heterocycles. The fourth-order valence-corrected chi connectivity index (χ4v) is 4.49. The molecule has 0 fully saturated rings. The van der Waals surface area contributed by atoms with Gasteiger partial charge in [-0.2, -0.15) is 0 Å². The van der Waals surface area contributed by atoms with Crippen LogP contribution in [0.4, 0.5) is 5.95 Å². The summed E-state index contributed by atoms with van der Waals surface area (Å²) >= 11 is 5.06. The van der Waals surface area contributed by atoms with Gasteiger partial charge in [-0.3, -0.25) is 5.43 Å². The zero-order chi connectivity index (χ0) is 13.2. The standard InChI is InChI=1S/C12H12N4S3/c1-2-7-6-8-10(18-7)14-12(16-13)15-11(8)19-9-4-3-5-17-9/h3-6H,2,13H2,1H3,(H,14,15,16). The molecule has 19 heavy (non-hydrogen) atoms. The third kappa shape index (κ3) is 2.59. The average molecular weight is 308 g/mol. The van der Waals surface area contributed by atoms with E-state index >= 15 is 0 Å². The third-order valence-electron chi connectivity index (χ3n) is 2.58. The fourth-order valence-electron chi connectivity index (χ4n) is 1.68. The Morgan fingerprint density at radius 3 is 3.00 bits per heavy atom. The molecule has 0 aliphatic heterocycles. The molecular formula is C12H12N4S3. The normalized spacial score (nSPS) is 11.1. The average Bonchev–Trinajstić information content (AvgIpc) is 3.06. The van der Waals surface area contributed by atoms with Gasteiger partial charge in [0.2, 0.25) is 5.95 Å². The second-order valence-corrected chi connectivity index (χ2v) is 7.17. The summed E-state index contributed by atoms with van der Waals surface area (Å²) in [6.07, 6.45) is 1.01. The smallest absolute Gasteiger partial charge is 0.239 e. The lowest BCUT2D eigenvalue weighted by atomic mass is 10.3. The van der Waals surface area contributed by atoms with Crippen molar-refractivity contribution in [3.8, 4) is 0 Å². The summed E-state index contributed by atoms with van der Waals surface area (Å²) < 4.78 is 1.22. The van der Waals surface area contributed by atoms with Gasteiger partial charge in [0, 0.05) is 10.3 Å². The molecule has 3 aromatic heterocycles. The van der Waals surface area contributed by atoms with Crippen LogP contribution in [0, 0.1) is 0 Å². The molecule has 0 aromatic carbocycles. The molecule has 0 radical (unpaired) electrons. The number of rotatable bonds is 4. The number of aromatic nitrogens is 2. The molecule has 0 spiro atoms. The number of nitrogens with zero attached hydrogens (tertiary/aromatic N) is 2. The lowest BCUT2D eigenvalue weighted by Gasteiger charge is -2.03. The van der Waals surface area contributed by atoms with Crippen LogP contribution >= 0.6 is 34.4 Å². The predicted molar refractivity (Wildman–Crippen MR) is 83.0 cm³/mol. The van der Waals surface area contributed by atoms with Gasteiger partial charge in [-0.1, -0.05) is 24.8 Å². The van der Waals surface area contributed by atoms with Crippen LogP contribution < -0.4 is 11.3 Å². The van der Waals surface area contributed by atoms with Crippen molar-refractivity contribution >= 4 is 50.6 Å². The molecule has 0 saturated carbocycles. The molecular weight excluding hydrogens is 296 g/mol. The molecule has 0 saturated heterocycles. The van der Waals surface area contributed by atoms with Gasteiger partial charge in [-0.05, 0) is 23.9 Å². The molecule has 0 unspecified atom stereocenters. The first-order valence-corrected chi connectivity index (χ1v) is 8.30. The first-order valence-electron chi connectivity index (χ1n) is 5.78. The van der Waals surface area contributed by atoms with Crippen molar-refractivity contribution in [2.75, 3.05) is 5.43 Å². The van der Waals surface area contributed by atoms with Crippen LogP contribution in [0.2, 0.25) is 0 Å². The van der Waals surface area contributed by atoms with Gasteiger partial charge in [-0.15, -0.1) is 22.7 Å². The minimum atomic E-state index is 0.469. The van der Waals surface area contributed by atoms with Crippen LogP contribution in [0.1, 0.15) is 11.8 Å². The van der Waals surface area contributed by atoms with Gasteiger partial charge in [0.05, 0.1) is 4.21 Å². The van der Waals surface area contributed by atoms with Crippen LogP contribution in [-0.4, -0.2) is 9.97 Å². The summed E-state index contributed by atoms with van der Waals surface area (Å²) in [4.78, 5) is 11.2. The highest BCUT2D eigenvalue weighted by Crippen LogP contribution is 2.37. The van der Waals surface area contributed by atoms with Crippen LogP contribution in [0.15, 0.2) is 32.8 Å². The van der Waals surface area contributed by atoms with Crippen LogP contribution in [-0.2, 0) is 6.42 Å². The van der Waals surface area contributed by atoms with Crippen molar-refractivity contribution in [1.82, 2.24) is 9.97 Å². The predicted octanol–water partition coefficient (Wildman–Crippen LogP) is 3.75. The number of hydrazine groups is 1. The Hall–Kier alpha value is -1.15. The third-order valence-corrected chi connectivity index (χ3v) is 5.79. The van der Waals surface area contributed by atoms with E-state index in [0.717, 1.165) is 21.7 Å². The molecule has 3 rings (SSSR count). The summed E-state index contributed by atoms with van der Waals surface area (Å²) in [5.41, 5.74) is 2.54. The Morgan fingerprint density at radius 1 is 1.42 bits per heavy atom. The maximum absolute atomic E-state index is 5.45. The van der Waals surface area contributed by atoms with E-state index in [1.165, 1.54) is 9.09 Å². The van der Waals surface area contributed by atoms with Gasteiger partial charge >= 0.3 is 0 Å². The summed E-state index contributed by atoms with van der Waals surface area (Å²) in [6, 6.07) is 6.31. The van der Waals surface area contributed by atoms with Crippen molar-refractivity contribution in [3.05, 3.63) is 28.5 Å². The number of nitrogens with one attached hydrogen (secondary N) is 1. The maximum atomic E-state index is 5.45. The first-order chi connectivity index (χ1) is 9.30. The molecule has 0 amide bonds. The number of aryl methyl sites for hydroxylation is 1. The molecule has 0 bridgehead atoms. The van der Waals surface area contributed by atoms with E-state index in [9.17, 15) is 0 Å². The summed E-state index contributed by atoms with van der Waals surface area (Å²) in [6.45, 7) is 2.15. The van der Waals surface area contributed by atoms with Crippen molar-refractivity contribution in [2.24, 2.45) is 5.84 Å². The first kappa shape index (κ1) is 12.9. The number of fused-ring (bicyclic) bond motifs is 1. The number of nitrogens with two attached hydrogens (primary N) is 1. The second kappa shape index (κ2) is 5.46. The molecule has 0 atom stereocenters. The zero-order valence-corrected chi connectivity index (χ0v) is 12.7. The van der Waals surface area contributed by atoms with Gasteiger partial charge in [0.1, 0.15) is 9.86 Å². The molecule has 3 N–H and O–H groups in total. The number of nitrogen functional groups attached to an aromatic ring is 1. The Balaban J connectivity index is 2.11. The van der Waals surface area contributed by atoms with Crippen molar-refractivity contribution in [3.63, 3.8) is 0 Å². The SMILES string of the molecule is CCc1cc2c(Sc3cccs3)nc(NN)nc2s1. The lowest BCUT2D eigenvalue weighted by Crippen LogP contribution is -2.10. The van der Waals surface area contributed by atoms with Gasteiger partial charge < -0.3 is 0 Å². The number of thiophene rings is 2. The van der Waals surface area contributed by atoms with E-state index in [2.05, 4.69) is 39.8 Å². The van der Waals surface area contributed by atoms with E-state index in [4.69, 9.17) is 5.84 Å². The Labute approximate surface area is 123 Å². The van der Waals surface area contributed by atoms with E-state index < -0.39 is 0 Å². The molecule has 7 heteroatoms. The highest BCUT2D eigenvalue weighted by molar-refractivity contribution is 8.01. The molecule has 98 valence electrons. The largest absolute Gasteiger partial charge is 0.292 e. The summed E-state index contributed by atoms with van der Waals surface area (Å²) in [7, 11) is 0. The van der Waals surface area contributed by atoms with Gasteiger partial charge in [0.25, 0.3) is 0 Å².